The molecule has 170 valence electrons. The molecule has 10 heteroatoms. The molecule has 1 saturated heterocycles. The molecule has 1 aliphatic rings. The Morgan fingerprint density at radius 3 is 2.38 bits per heavy atom. The third-order valence-electron chi connectivity index (χ3n) is 5.94. The Morgan fingerprint density at radius 2 is 1.72 bits per heavy atom. The molecule has 4 rings (SSSR count). The van der Waals surface area contributed by atoms with Gasteiger partial charge in [0.15, 0.2) is 10.6 Å². The Balaban J connectivity index is 1.47. The van der Waals surface area contributed by atoms with E-state index >= 15 is 0 Å². The molecular weight excluding hydrogens is 466 g/mol. The molecule has 0 N–H and O–H groups in total. The topological polar surface area (TPSA) is 63.4 Å². The molecule has 0 radical (unpaired) electrons. The summed E-state index contributed by atoms with van der Waals surface area (Å²) in [6, 6.07) is 12.8. The minimum atomic E-state index is -3.50. The fraction of sp³-hybridized carbons (Fsp3) is 0.364. The molecule has 3 aromatic rings. The zero-order chi connectivity index (χ0) is 23.0. The lowest BCUT2D eigenvalue weighted by atomic mass is 10.1. The Hall–Kier alpha value is -2.04. The van der Waals surface area contributed by atoms with Crippen LogP contribution in [-0.4, -0.2) is 58.1 Å². The van der Waals surface area contributed by atoms with Crippen molar-refractivity contribution in [2.75, 3.05) is 26.2 Å². The van der Waals surface area contributed by atoms with E-state index in [9.17, 15) is 8.42 Å². The van der Waals surface area contributed by atoms with E-state index in [4.69, 9.17) is 23.8 Å². The highest BCUT2D eigenvalue weighted by molar-refractivity contribution is 7.89. The lowest BCUT2D eigenvalue weighted by molar-refractivity contribution is 0.144. The summed E-state index contributed by atoms with van der Waals surface area (Å²) in [7, 11) is -1.63. The van der Waals surface area contributed by atoms with Gasteiger partial charge in [-0.25, -0.2) is 13.1 Å². The molecule has 1 aromatic heterocycles. The number of aromatic nitrogens is 3. The van der Waals surface area contributed by atoms with Crippen LogP contribution in [0.2, 0.25) is 5.02 Å². The van der Waals surface area contributed by atoms with Crippen molar-refractivity contribution in [1.29, 1.82) is 0 Å². The zero-order valence-corrected chi connectivity index (χ0v) is 20.7. The molecule has 1 aliphatic heterocycles. The summed E-state index contributed by atoms with van der Waals surface area (Å²) in [5.74, 6) is 0.705. The second-order valence-electron chi connectivity index (χ2n) is 8.05. The SMILES string of the molecule is Cc1ccc(S(=O)(=O)N2CCN(Cn3nc(-c4ccccc4Cl)n(C)c3=S)CC2)cc1C. The van der Waals surface area contributed by atoms with Gasteiger partial charge >= 0.3 is 0 Å². The molecule has 0 unspecified atom stereocenters. The van der Waals surface area contributed by atoms with Gasteiger partial charge in [0.05, 0.1) is 16.6 Å². The van der Waals surface area contributed by atoms with Crippen molar-refractivity contribution in [2.24, 2.45) is 7.05 Å². The third kappa shape index (κ3) is 4.40. The molecule has 0 saturated carbocycles. The van der Waals surface area contributed by atoms with Crippen LogP contribution < -0.4 is 0 Å². The first kappa shape index (κ1) is 23.1. The van der Waals surface area contributed by atoms with Crippen molar-refractivity contribution in [3.05, 3.63) is 63.4 Å². The molecule has 0 spiro atoms. The van der Waals surface area contributed by atoms with E-state index in [2.05, 4.69) is 10.00 Å². The van der Waals surface area contributed by atoms with Crippen molar-refractivity contribution in [3.8, 4) is 11.4 Å². The largest absolute Gasteiger partial charge is 0.303 e. The van der Waals surface area contributed by atoms with E-state index < -0.39 is 10.0 Å². The number of rotatable bonds is 5. The average molecular weight is 492 g/mol. The van der Waals surface area contributed by atoms with E-state index in [0.29, 0.717) is 53.4 Å². The van der Waals surface area contributed by atoms with Crippen LogP contribution in [0, 0.1) is 18.6 Å². The van der Waals surface area contributed by atoms with Gasteiger partial charge in [0.2, 0.25) is 10.0 Å². The summed E-state index contributed by atoms with van der Waals surface area (Å²) in [6.07, 6.45) is 0. The summed E-state index contributed by atoms with van der Waals surface area (Å²) in [5.41, 5.74) is 2.88. The number of halogens is 1. The normalized spacial score (nSPS) is 15.9. The van der Waals surface area contributed by atoms with Crippen LogP contribution in [0.5, 0.6) is 0 Å². The zero-order valence-electron chi connectivity index (χ0n) is 18.3. The molecule has 1 fully saturated rings. The molecule has 0 amide bonds. The Morgan fingerprint density at radius 1 is 1.03 bits per heavy atom. The monoisotopic (exact) mass is 491 g/mol. The quantitative estimate of drug-likeness (QED) is 0.507. The van der Waals surface area contributed by atoms with Crippen LogP contribution >= 0.6 is 23.8 Å². The van der Waals surface area contributed by atoms with E-state index in [1.807, 2.05) is 55.8 Å². The van der Waals surface area contributed by atoms with Gasteiger partial charge in [-0.1, -0.05) is 29.8 Å². The first-order valence-electron chi connectivity index (χ1n) is 10.4. The molecule has 32 heavy (non-hydrogen) atoms. The maximum Gasteiger partial charge on any atom is 0.243 e. The Labute approximate surface area is 198 Å². The van der Waals surface area contributed by atoms with Crippen LogP contribution in [0.3, 0.4) is 0 Å². The van der Waals surface area contributed by atoms with Crippen molar-refractivity contribution >= 4 is 33.8 Å². The average Bonchev–Trinajstić information content (AvgIpc) is 3.04. The number of piperazine rings is 1. The second-order valence-corrected chi connectivity index (χ2v) is 10.8. The first-order valence-corrected chi connectivity index (χ1v) is 12.6. The van der Waals surface area contributed by atoms with E-state index in [1.54, 1.807) is 21.1 Å². The summed E-state index contributed by atoms with van der Waals surface area (Å²) in [5, 5.41) is 5.30. The predicted octanol–water partition coefficient (Wildman–Crippen LogP) is 3.85. The van der Waals surface area contributed by atoms with Crippen LogP contribution in [-0.2, 0) is 23.7 Å². The number of benzene rings is 2. The first-order chi connectivity index (χ1) is 15.2. The van der Waals surface area contributed by atoms with Gasteiger partial charge in [0, 0.05) is 38.8 Å². The maximum atomic E-state index is 13.1. The molecule has 2 heterocycles. The maximum absolute atomic E-state index is 13.1. The molecule has 7 nitrogen and oxygen atoms in total. The van der Waals surface area contributed by atoms with Gasteiger partial charge in [-0.05, 0) is 61.5 Å². The number of sulfonamides is 1. The number of hydrogen-bond donors (Lipinski definition) is 0. The van der Waals surface area contributed by atoms with Crippen molar-refractivity contribution < 1.29 is 8.42 Å². The van der Waals surface area contributed by atoms with Crippen molar-refractivity contribution in [2.45, 2.75) is 25.4 Å². The van der Waals surface area contributed by atoms with Gasteiger partial charge in [-0.3, -0.25) is 4.90 Å². The van der Waals surface area contributed by atoms with Gasteiger partial charge < -0.3 is 4.57 Å². The Kier molecular flexibility index (Phi) is 6.56. The second kappa shape index (κ2) is 9.07. The Bertz CT molecular complexity index is 1310. The number of aryl methyl sites for hydroxylation is 2. The summed E-state index contributed by atoms with van der Waals surface area (Å²) >= 11 is 11.9. The van der Waals surface area contributed by atoms with Crippen LogP contribution in [0.4, 0.5) is 0 Å². The highest BCUT2D eigenvalue weighted by atomic mass is 35.5. The lowest BCUT2D eigenvalue weighted by Crippen LogP contribution is -2.48. The number of hydrogen-bond acceptors (Lipinski definition) is 5. The molecule has 0 atom stereocenters. The molecule has 2 aromatic carbocycles. The third-order valence-corrected chi connectivity index (χ3v) is 8.65. The lowest BCUT2D eigenvalue weighted by Gasteiger charge is -2.33. The minimum absolute atomic E-state index is 0.352. The smallest absolute Gasteiger partial charge is 0.243 e. The summed E-state index contributed by atoms with van der Waals surface area (Å²) < 4.78 is 31.9. The highest BCUT2D eigenvalue weighted by Gasteiger charge is 2.29. The van der Waals surface area contributed by atoms with Crippen LogP contribution in [0.25, 0.3) is 11.4 Å². The van der Waals surface area contributed by atoms with E-state index in [1.165, 1.54) is 0 Å². The van der Waals surface area contributed by atoms with E-state index in [0.717, 1.165) is 16.7 Å². The van der Waals surface area contributed by atoms with Gasteiger partial charge in [-0.2, -0.15) is 9.40 Å². The number of nitrogens with zero attached hydrogens (tertiary/aromatic N) is 5. The van der Waals surface area contributed by atoms with Crippen LogP contribution in [0.15, 0.2) is 47.4 Å². The molecular formula is C22H26ClN5O2S2. The highest BCUT2D eigenvalue weighted by Crippen LogP contribution is 2.26. The standard InChI is InChI=1S/C22H26ClN5O2S2/c1-16-8-9-18(14-17(16)2)32(29,30)27-12-10-26(11-13-27)15-28-22(31)25(3)21(24-28)19-6-4-5-7-20(19)23/h4-9,14H,10-13,15H2,1-3H3. The predicted molar refractivity (Wildman–Crippen MR) is 129 cm³/mol. The van der Waals surface area contributed by atoms with Crippen molar-refractivity contribution in [1.82, 2.24) is 23.6 Å². The van der Waals surface area contributed by atoms with Gasteiger partial charge in [-0.15, -0.1) is 0 Å². The fourth-order valence-corrected chi connectivity index (χ4v) is 5.69. The fourth-order valence-electron chi connectivity index (χ4n) is 3.78. The summed E-state index contributed by atoms with van der Waals surface area (Å²) in [6.45, 7) is 6.45. The van der Waals surface area contributed by atoms with E-state index in [-0.39, 0.29) is 0 Å². The molecule has 0 aliphatic carbocycles. The van der Waals surface area contributed by atoms with Gasteiger partial charge in [0.1, 0.15) is 0 Å². The van der Waals surface area contributed by atoms with Crippen LogP contribution in [0.1, 0.15) is 11.1 Å². The van der Waals surface area contributed by atoms with Gasteiger partial charge in [0.25, 0.3) is 0 Å². The minimum Gasteiger partial charge on any atom is -0.303 e. The van der Waals surface area contributed by atoms with Crippen molar-refractivity contribution in [3.63, 3.8) is 0 Å². The molecule has 0 bridgehead atoms. The summed E-state index contributed by atoms with van der Waals surface area (Å²) in [4.78, 5) is 2.51.